The Labute approximate surface area is 192 Å². The summed E-state index contributed by atoms with van der Waals surface area (Å²) in [6, 6.07) is 9.90. The van der Waals surface area contributed by atoms with Gasteiger partial charge in [-0.2, -0.15) is 0 Å². The van der Waals surface area contributed by atoms with E-state index < -0.39 is 0 Å². The fraction of sp³-hybridized carbons (Fsp3) is 0.304. The van der Waals surface area contributed by atoms with Crippen LogP contribution in [-0.4, -0.2) is 5.11 Å². The zero-order chi connectivity index (χ0) is 20.3. The first kappa shape index (κ1) is 24.8. The molecule has 0 unspecified atom stereocenters. The standard InChI is InChI=1S/C22H24N2O.CH4.I2/c1-12-11-18-9-7-8-10-19(18)21(22(12)25)24-23-20-16(5)14(3)13(2)15(4)17(20)6;;1-2/h7-11,25H,1-6H3;1H4;. The lowest BCUT2D eigenvalue weighted by atomic mass is 9.93. The van der Waals surface area contributed by atoms with Crippen LogP contribution in [0.1, 0.15) is 40.8 Å². The van der Waals surface area contributed by atoms with E-state index >= 15 is 0 Å². The maximum Gasteiger partial charge on any atom is 0.146 e. The van der Waals surface area contributed by atoms with Crippen molar-refractivity contribution < 1.29 is 5.11 Å². The number of phenols is 1. The molecule has 3 nitrogen and oxygen atoms in total. The number of aromatic hydroxyl groups is 1. The molecule has 3 rings (SSSR count). The first-order valence-electron chi connectivity index (χ1n) is 8.67. The summed E-state index contributed by atoms with van der Waals surface area (Å²) < 4.78 is 0. The maximum atomic E-state index is 10.5. The highest BCUT2D eigenvalue weighted by molar-refractivity contribution is 15.0. The minimum atomic E-state index is 0. The summed E-state index contributed by atoms with van der Waals surface area (Å²) in [4.78, 5) is 0. The van der Waals surface area contributed by atoms with Gasteiger partial charge in [-0.15, -0.1) is 10.2 Å². The van der Waals surface area contributed by atoms with Gasteiger partial charge in [-0.25, -0.2) is 0 Å². The van der Waals surface area contributed by atoms with E-state index in [4.69, 9.17) is 0 Å². The number of aryl methyl sites for hydroxylation is 1. The number of halogens is 2. The van der Waals surface area contributed by atoms with E-state index in [0.717, 1.165) is 33.2 Å². The number of benzene rings is 3. The van der Waals surface area contributed by atoms with Crippen LogP contribution in [-0.2, 0) is 0 Å². The second-order valence-corrected chi connectivity index (χ2v) is 6.79. The molecule has 0 aromatic heterocycles. The van der Waals surface area contributed by atoms with Gasteiger partial charge in [0.1, 0.15) is 11.4 Å². The van der Waals surface area contributed by atoms with Crippen LogP contribution in [0.5, 0.6) is 5.75 Å². The molecule has 0 aliphatic heterocycles. The van der Waals surface area contributed by atoms with Gasteiger partial charge in [-0.3, -0.25) is 0 Å². The summed E-state index contributed by atoms with van der Waals surface area (Å²) in [6.07, 6.45) is 0. The predicted molar refractivity (Wildman–Crippen MR) is 139 cm³/mol. The Bertz CT molecular complexity index is 998. The maximum absolute atomic E-state index is 10.5. The summed E-state index contributed by atoms with van der Waals surface area (Å²) in [5.41, 5.74) is 8.30. The molecule has 0 fully saturated rings. The van der Waals surface area contributed by atoms with Gasteiger partial charge in [0.2, 0.25) is 0 Å². The zero-order valence-corrected chi connectivity index (χ0v) is 20.8. The summed E-state index contributed by atoms with van der Waals surface area (Å²) >= 11 is 4.24. The van der Waals surface area contributed by atoms with Crippen molar-refractivity contribution in [3.63, 3.8) is 0 Å². The van der Waals surface area contributed by atoms with Gasteiger partial charge in [0.25, 0.3) is 0 Å². The van der Waals surface area contributed by atoms with Gasteiger partial charge in [-0.1, -0.05) is 31.7 Å². The SMILES string of the molecule is C.Cc1cc2ccccc2c(N=Nc2c(C)c(C)c(C)c(C)c2C)c1O.II. The van der Waals surface area contributed by atoms with Crippen LogP contribution in [0.25, 0.3) is 10.8 Å². The van der Waals surface area contributed by atoms with Crippen molar-refractivity contribution in [3.05, 3.63) is 63.7 Å². The Morgan fingerprint density at radius 2 is 1.18 bits per heavy atom. The number of nitrogens with zero attached hydrogens (tertiary/aromatic N) is 2. The van der Waals surface area contributed by atoms with Crippen molar-refractivity contribution in [1.29, 1.82) is 0 Å². The number of rotatable bonds is 2. The first-order valence-corrected chi connectivity index (χ1v) is 15.0. The Balaban J connectivity index is 0.00000127. The number of hydrogen-bond acceptors (Lipinski definition) is 3. The summed E-state index contributed by atoms with van der Waals surface area (Å²) in [7, 11) is 0. The van der Waals surface area contributed by atoms with Crippen LogP contribution in [0.4, 0.5) is 11.4 Å². The number of phenolic OH excluding ortho intramolecular Hbond substituents is 1. The average molecular weight is 602 g/mol. The highest BCUT2D eigenvalue weighted by Gasteiger charge is 2.13. The molecule has 28 heavy (non-hydrogen) atoms. The van der Waals surface area contributed by atoms with Crippen LogP contribution in [0.2, 0.25) is 0 Å². The normalized spacial score (nSPS) is 10.6. The molecule has 0 spiro atoms. The summed E-state index contributed by atoms with van der Waals surface area (Å²) in [6.45, 7) is 12.4. The molecule has 0 heterocycles. The molecule has 1 N–H and O–H groups in total. The van der Waals surface area contributed by atoms with Crippen molar-refractivity contribution in [2.24, 2.45) is 10.2 Å². The topological polar surface area (TPSA) is 45.0 Å². The molecular formula is C23H28I2N2O. The second-order valence-electron chi connectivity index (χ2n) is 6.79. The van der Waals surface area contributed by atoms with Gasteiger partial charge < -0.3 is 5.11 Å². The Morgan fingerprint density at radius 1 is 0.714 bits per heavy atom. The third-order valence-corrected chi connectivity index (χ3v) is 5.40. The first-order chi connectivity index (χ1) is 12.8. The van der Waals surface area contributed by atoms with Gasteiger partial charge in [0.05, 0.1) is 5.69 Å². The average Bonchev–Trinajstić information content (AvgIpc) is 2.69. The van der Waals surface area contributed by atoms with Crippen LogP contribution in [0, 0.1) is 41.5 Å². The van der Waals surface area contributed by atoms with E-state index in [9.17, 15) is 5.11 Å². The van der Waals surface area contributed by atoms with Crippen molar-refractivity contribution >= 4 is 59.4 Å². The quantitative estimate of drug-likeness (QED) is 0.231. The number of hydrogen-bond donors (Lipinski definition) is 1. The largest absolute Gasteiger partial charge is 0.505 e. The molecule has 0 aliphatic carbocycles. The lowest BCUT2D eigenvalue weighted by Crippen LogP contribution is -1.95. The van der Waals surface area contributed by atoms with E-state index in [1.165, 1.54) is 16.7 Å². The van der Waals surface area contributed by atoms with E-state index in [1.54, 1.807) is 0 Å². The minimum absolute atomic E-state index is 0. The van der Waals surface area contributed by atoms with Crippen molar-refractivity contribution in [1.82, 2.24) is 0 Å². The lowest BCUT2D eigenvalue weighted by Gasteiger charge is -2.15. The highest BCUT2D eigenvalue weighted by Crippen LogP contribution is 2.40. The van der Waals surface area contributed by atoms with Gasteiger partial charge in [-0.05, 0) is 86.4 Å². The third kappa shape index (κ3) is 4.67. The van der Waals surface area contributed by atoms with Gasteiger partial charge in [0.15, 0.2) is 0 Å². The summed E-state index contributed by atoms with van der Waals surface area (Å²) in [5, 5.41) is 21.5. The molecule has 0 atom stereocenters. The van der Waals surface area contributed by atoms with E-state index in [-0.39, 0.29) is 13.2 Å². The van der Waals surface area contributed by atoms with Crippen LogP contribution in [0.3, 0.4) is 0 Å². The highest BCUT2D eigenvalue weighted by atomic mass is 128. The van der Waals surface area contributed by atoms with Crippen LogP contribution >= 0.6 is 37.2 Å². The zero-order valence-electron chi connectivity index (χ0n) is 16.5. The fourth-order valence-corrected chi connectivity index (χ4v) is 3.29. The molecule has 0 saturated heterocycles. The summed E-state index contributed by atoms with van der Waals surface area (Å²) in [5.74, 6) is 0.193. The molecule has 0 aliphatic rings. The van der Waals surface area contributed by atoms with Gasteiger partial charge in [0, 0.05) is 42.6 Å². The molecule has 0 bridgehead atoms. The number of fused-ring (bicyclic) bond motifs is 1. The van der Waals surface area contributed by atoms with E-state index in [2.05, 4.69) is 82.1 Å². The van der Waals surface area contributed by atoms with Crippen molar-refractivity contribution in [2.75, 3.05) is 0 Å². The minimum Gasteiger partial charge on any atom is -0.505 e. The Kier molecular flexibility index (Phi) is 9.33. The van der Waals surface area contributed by atoms with Gasteiger partial charge >= 0.3 is 0 Å². The molecule has 0 amide bonds. The Hall–Kier alpha value is -1.22. The van der Waals surface area contributed by atoms with E-state index in [1.807, 2.05) is 37.3 Å². The third-order valence-electron chi connectivity index (χ3n) is 5.40. The predicted octanol–water partition coefficient (Wildman–Crippen LogP) is 9.22. The monoisotopic (exact) mass is 602 g/mol. The molecule has 0 radical (unpaired) electrons. The van der Waals surface area contributed by atoms with Crippen LogP contribution < -0.4 is 0 Å². The molecule has 3 aromatic carbocycles. The fourth-order valence-electron chi connectivity index (χ4n) is 3.29. The second kappa shape index (κ2) is 10.5. The smallest absolute Gasteiger partial charge is 0.146 e. The lowest BCUT2D eigenvalue weighted by molar-refractivity contribution is 0.473. The molecule has 0 saturated carbocycles. The van der Waals surface area contributed by atoms with E-state index in [0.29, 0.717) is 5.69 Å². The molecular weight excluding hydrogens is 574 g/mol. The van der Waals surface area contributed by atoms with Crippen molar-refractivity contribution in [3.8, 4) is 5.75 Å². The van der Waals surface area contributed by atoms with Crippen molar-refractivity contribution in [2.45, 2.75) is 49.0 Å². The van der Waals surface area contributed by atoms with Crippen LogP contribution in [0.15, 0.2) is 40.6 Å². The molecule has 150 valence electrons. The molecule has 3 aromatic rings. The Morgan fingerprint density at radius 3 is 1.75 bits per heavy atom. The number of azo groups is 1. The molecule has 5 heteroatoms.